The van der Waals surface area contributed by atoms with Gasteiger partial charge in [-0.3, -0.25) is 0 Å². The van der Waals surface area contributed by atoms with E-state index in [9.17, 15) is 10.2 Å². The van der Waals surface area contributed by atoms with Gasteiger partial charge in [0.2, 0.25) is 0 Å². The molecule has 0 fully saturated rings. The van der Waals surface area contributed by atoms with Crippen LogP contribution in [-0.4, -0.2) is 5.11 Å². The van der Waals surface area contributed by atoms with Gasteiger partial charge in [0.25, 0.3) is 0 Å². The number of phenols is 1. The van der Waals surface area contributed by atoms with Crippen LogP contribution in [0.3, 0.4) is 0 Å². The van der Waals surface area contributed by atoms with Crippen LogP contribution in [0.2, 0.25) is 0 Å². The van der Waals surface area contributed by atoms with Gasteiger partial charge in [0.15, 0.2) is 0 Å². The molecule has 4 heteroatoms. The van der Waals surface area contributed by atoms with Crippen molar-refractivity contribution in [1.82, 2.24) is 0 Å². The van der Waals surface area contributed by atoms with Crippen molar-refractivity contribution in [3.63, 3.8) is 0 Å². The van der Waals surface area contributed by atoms with Gasteiger partial charge in [-0.25, -0.2) is 0 Å². The van der Waals surface area contributed by atoms with E-state index in [-0.39, 0.29) is 52.4 Å². The Hall–Kier alpha value is -0.610. The molecule has 0 atom stereocenters. The van der Waals surface area contributed by atoms with E-state index in [2.05, 4.69) is 20.8 Å². The summed E-state index contributed by atoms with van der Waals surface area (Å²) in [6.07, 6.45) is 0. The molecule has 0 aliphatic heterocycles. The first-order valence-corrected chi connectivity index (χ1v) is 10.2. The summed E-state index contributed by atoms with van der Waals surface area (Å²) in [6, 6.07) is 7.85. The van der Waals surface area contributed by atoms with Gasteiger partial charge in [-0.2, -0.15) is 0 Å². The molecule has 0 amide bonds. The second-order valence-electron chi connectivity index (χ2n) is 7.85. The van der Waals surface area contributed by atoms with E-state index in [1.807, 2.05) is 65.8 Å². The summed E-state index contributed by atoms with van der Waals surface area (Å²) in [7, 11) is 0. The summed E-state index contributed by atoms with van der Waals surface area (Å²) in [5.41, 5.74) is 3.75. The number of phenolic OH excluding ortho intramolecular Hbond substituents is 1. The Kier molecular flexibility index (Phi) is 10.6. The van der Waals surface area contributed by atoms with Crippen molar-refractivity contribution in [3.8, 4) is 11.5 Å². The van der Waals surface area contributed by atoms with Crippen molar-refractivity contribution < 1.29 is 39.8 Å². The molecule has 0 unspecified atom stereocenters. The molecular weight excluding hydrogens is 363 g/mol. The number of hydrogen-bond donors (Lipinski definition) is 1. The van der Waals surface area contributed by atoms with Crippen LogP contribution in [0, 0.1) is 13.8 Å². The van der Waals surface area contributed by atoms with Gasteiger partial charge < -0.3 is 10.2 Å². The summed E-state index contributed by atoms with van der Waals surface area (Å²) < 4.78 is 0. The SMILES string of the molecule is CC.Cc1cc(Sc2cc(C)cc(C(C)(C)C)c2O)c([O-])c(C(C)C)c1.[Na+]. The predicted molar refractivity (Wildman–Crippen MR) is 112 cm³/mol. The summed E-state index contributed by atoms with van der Waals surface area (Å²) in [5.74, 6) is 0.539. The number of aryl methyl sites for hydroxylation is 2. The fraction of sp³-hybridized carbons (Fsp3) is 0.478. The maximum atomic E-state index is 12.7. The smallest absolute Gasteiger partial charge is 0.871 e. The van der Waals surface area contributed by atoms with Crippen molar-refractivity contribution in [3.05, 3.63) is 46.5 Å². The van der Waals surface area contributed by atoms with Gasteiger partial charge in [-0.1, -0.05) is 83.7 Å². The molecule has 0 saturated heterocycles. The number of benzene rings is 2. The minimum Gasteiger partial charge on any atom is -0.871 e. The van der Waals surface area contributed by atoms with Crippen LogP contribution in [0.1, 0.15) is 76.6 Å². The van der Waals surface area contributed by atoms with Gasteiger partial charge in [0.05, 0.1) is 4.90 Å². The van der Waals surface area contributed by atoms with Crippen LogP contribution in [0.15, 0.2) is 34.1 Å². The van der Waals surface area contributed by atoms with E-state index < -0.39 is 0 Å². The Morgan fingerprint density at radius 2 is 1.41 bits per heavy atom. The van der Waals surface area contributed by atoms with E-state index in [0.717, 1.165) is 27.1 Å². The summed E-state index contributed by atoms with van der Waals surface area (Å²) >= 11 is 1.37. The summed E-state index contributed by atoms with van der Waals surface area (Å²) in [6.45, 7) is 18.3. The Labute approximate surface area is 192 Å². The first kappa shape index (κ1) is 26.4. The zero-order valence-electron chi connectivity index (χ0n) is 18.7. The maximum Gasteiger partial charge on any atom is 1.00 e. The van der Waals surface area contributed by atoms with Gasteiger partial charge in [0.1, 0.15) is 5.75 Å². The Morgan fingerprint density at radius 1 is 0.926 bits per heavy atom. The molecule has 0 radical (unpaired) electrons. The molecule has 2 aromatic rings. The van der Waals surface area contributed by atoms with E-state index in [1.165, 1.54) is 11.8 Å². The van der Waals surface area contributed by atoms with Gasteiger partial charge in [-0.05, 0) is 48.4 Å². The molecule has 0 bridgehead atoms. The van der Waals surface area contributed by atoms with Crippen molar-refractivity contribution in [2.24, 2.45) is 0 Å². The van der Waals surface area contributed by atoms with Crippen LogP contribution in [0.5, 0.6) is 11.5 Å². The molecule has 27 heavy (non-hydrogen) atoms. The van der Waals surface area contributed by atoms with E-state index in [4.69, 9.17) is 0 Å². The Bertz CT molecular complexity index is 762. The molecule has 0 aliphatic rings. The minimum atomic E-state index is -0.151. The fourth-order valence-electron chi connectivity index (χ4n) is 2.79. The van der Waals surface area contributed by atoms with Crippen molar-refractivity contribution >= 4 is 11.8 Å². The van der Waals surface area contributed by atoms with E-state index in [0.29, 0.717) is 4.90 Å². The van der Waals surface area contributed by atoms with Crippen LogP contribution >= 0.6 is 11.8 Å². The van der Waals surface area contributed by atoms with Crippen molar-refractivity contribution in [1.29, 1.82) is 0 Å². The molecule has 0 heterocycles. The second kappa shape index (κ2) is 10.8. The maximum absolute atomic E-state index is 12.7. The van der Waals surface area contributed by atoms with Crippen molar-refractivity contribution in [2.75, 3.05) is 0 Å². The molecule has 2 aromatic carbocycles. The molecule has 0 saturated carbocycles. The molecular formula is C23H33NaO2S. The summed E-state index contributed by atoms with van der Waals surface area (Å²) in [5, 5.41) is 23.5. The predicted octanol–water partition coefficient (Wildman–Crippen LogP) is 3.68. The Morgan fingerprint density at radius 3 is 1.89 bits per heavy atom. The fourth-order valence-corrected chi connectivity index (χ4v) is 3.93. The zero-order valence-corrected chi connectivity index (χ0v) is 21.5. The van der Waals surface area contributed by atoms with Gasteiger partial charge in [-0.15, -0.1) is 0 Å². The molecule has 0 aliphatic carbocycles. The number of hydrogen-bond acceptors (Lipinski definition) is 3. The van der Waals surface area contributed by atoms with Crippen LogP contribution in [0.25, 0.3) is 0 Å². The van der Waals surface area contributed by atoms with Gasteiger partial charge >= 0.3 is 29.6 Å². The third-order valence-corrected chi connectivity index (χ3v) is 5.15. The minimum absolute atomic E-state index is 0. The van der Waals surface area contributed by atoms with Crippen LogP contribution < -0.4 is 34.7 Å². The molecule has 0 spiro atoms. The molecule has 0 aromatic heterocycles. The first-order valence-electron chi connectivity index (χ1n) is 9.34. The molecule has 2 nitrogen and oxygen atoms in total. The molecule has 2 rings (SSSR count). The van der Waals surface area contributed by atoms with Crippen molar-refractivity contribution in [2.45, 2.75) is 83.4 Å². The van der Waals surface area contributed by atoms with Crippen LogP contribution in [0.4, 0.5) is 0 Å². The largest absolute Gasteiger partial charge is 1.00 e. The Balaban J connectivity index is 0.00000218. The number of rotatable bonds is 3. The average molecular weight is 397 g/mol. The topological polar surface area (TPSA) is 43.3 Å². The monoisotopic (exact) mass is 396 g/mol. The standard InChI is InChI=1S/C21H28O2S.C2H6.Na/c1-12(2)15-8-13(3)10-17(19(15)22)24-18-11-14(4)9-16(20(18)23)21(5,6)7;1-2;/h8-12,22-23H,1-7H3;1-2H3;/q;;+1/p-1. The third kappa shape index (κ3) is 6.74. The quantitative estimate of drug-likeness (QED) is 0.805. The summed E-state index contributed by atoms with van der Waals surface area (Å²) in [4.78, 5) is 1.43. The third-order valence-electron chi connectivity index (χ3n) is 4.10. The van der Waals surface area contributed by atoms with Crippen LogP contribution in [-0.2, 0) is 5.41 Å². The molecule has 144 valence electrons. The normalized spacial score (nSPS) is 10.9. The number of aromatic hydroxyl groups is 1. The zero-order chi connectivity index (χ0) is 20.2. The average Bonchev–Trinajstić information content (AvgIpc) is 2.54. The van der Waals surface area contributed by atoms with E-state index in [1.54, 1.807) is 0 Å². The second-order valence-corrected chi connectivity index (χ2v) is 8.93. The first-order chi connectivity index (χ1) is 12.0. The van der Waals surface area contributed by atoms with Gasteiger partial charge in [0, 0.05) is 10.5 Å². The molecule has 1 N–H and O–H groups in total. The van der Waals surface area contributed by atoms with E-state index >= 15 is 0 Å².